The van der Waals surface area contributed by atoms with Crippen LogP contribution in [0.2, 0.25) is 0 Å². The van der Waals surface area contributed by atoms with Gasteiger partial charge in [0.15, 0.2) is 11.3 Å². The molecule has 0 bridgehead atoms. The van der Waals surface area contributed by atoms with E-state index in [9.17, 15) is 9.90 Å². The summed E-state index contributed by atoms with van der Waals surface area (Å²) in [5.41, 5.74) is 3.91. The number of piperazine rings is 1. The molecule has 0 aromatic carbocycles. The summed E-state index contributed by atoms with van der Waals surface area (Å²) >= 11 is 0. The zero-order valence-electron chi connectivity index (χ0n) is 14.5. The summed E-state index contributed by atoms with van der Waals surface area (Å²) in [5.74, 6) is -0.973. The first-order chi connectivity index (χ1) is 12.0. The van der Waals surface area contributed by atoms with Crippen molar-refractivity contribution < 1.29 is 9.90 Å². The van der Waals surface area contributed by atoms with Gasteiger partial charge in [-0.25, -0.2) is 14.8 Å². The van der Waals surface area contributed by atoms with E-state index in [0.717, 1.165) is 48.6 Å². The van der Waals surface area contributed by atoms with Crippen LogP contribution in [0, 0.1) is 13.8 Å². The van der Waals surface area contributed by atoms with E-state index in [1.54, 1.807) is 4.52 Å². The van der Waals surface area contributed by atoms with Gasteiger partial charge in [0, 0.05) is 38.4 Å². The summed E-state index contributed by atoms with van der Waals surface area (Å²) in [6.07, 6.45) is 1.44. The summed E-state index contributed by atoms with van der Waals surface area (Å²) in [5, 5.41) is 14.9. The molecule has 0 spiro atoms. The first-order valence-electron chi connectivity index (χ1n) is 8.28. The molecule has 1 aliphatic heterocycles. The SMILES string of the molecule is Cc1cc2nc(C)c3c(N4CCN(C)CC4)c(C(=O)O)cnc3n2n1. The van der Waals surface area contributed by atoms with Gasteiger partial charge in [0.25, 0.3) is 0 Å². The first-order valence-corrected chi connectivity index (χ1v) is 8.28. The quantitative estimate of drug-likeness (QED) is 0.753. The van der Waals surface area contributed by atoms with Gasteiger partial charge in [-0.05, 0) is 20.9 Å². The maximum absolute atomic E-state index is 11.8. The van der Waals surface area contributed by atoms with E-state index in [0.29, 0.717) is 11.3 Å². The third-order valence-corrected chi connectivity index (χ3v) is 4.74. The monoisotopic (exact) mass is 340 g/mol. The average molecular weight is 340 g/mol. The third kappa shape index (κ3) is 2.49. The van der Waals surface area contributed by atoms with Crippen molar-refractivity contribution in [2.24, 2.45) is 0 Å². The minimum Gasteiger partial charge on any atom is -0.478 e. The average Bonchev–Trinajstić information content (AvgIpc) is 2.95. The standard InChI is InChI=1S/C17H20N6O2/c1-10-8-13-19-11(2)14-15(22-6-4-21(3)5-7-22)12(17(24)25)9-18-16(14)23(13)20-10/h8-9H,4-7H2,1-3H3,(H,24,25). The molecule has 0 amide bonds. The van der Waals surface area contributed by atoms with Gasteiger partial charge in [-0.2, -0.15) is 9.61 Å². The van der Waals surface area contributed by atoms with Crippen LogP contribution in [0.25, 0.3) is 16.7 Å². The van der Waals surface area contributed by atoms with Crippen molar-refractivity contribution in [1.82, 2.24) is 24.5 Å². The molecule has 4 heterocycles. The van der Waals surface area contributed by atoms with E-state index in [4.69, 9.17) is 0 Å². The number of aromatic nitrogens is 4. The number of anilines is 1. The highest BCUT2D eigenvalue weighted by molar-refractivity contribution is 6.05. The van der Waals surface area contributed by atoms with Crippen LogP contribution >= 0.6 is 0 Å². The van der Waals surface area contributed by atoms with Gasteiger partial charge in [0.2, 0.25) is 0 Å². The number of carboxylic acid groups (broad SMARTS) is 1. The fourth-order valence-electron chi connectivity index (χ4n) is 3.45. The van der Waals surface area contributed by atoms with Crippen LogP contribution in [0.1, 0.15) is 21.7 Å². The molecule has 8 heteroatoms. The molecular weight excluding hydrogens is 320 g/mol. The molecule has 1 N–H and O–H groups in total. The van der Waals surface area contributed by atoms with Gasteiger partial charge < -0.3 is 14.9 Å². The molecule has 0 aliphatic carbocycles. The second-order valence-electron chi connectivity index (χ2n) is 6.57. The highest BCUT2D eigenvalue weighted by atomic mass is 16.4. The number of pyridine rings is 1. The summed E-state index contributed by atoms with van der Waals surface area (Å²) in [7, 11) is 2.07. The van der Waals surface area contributed by atoms with Crippen LogP contribution in [0.15, 0.2) is 12.3 Å². The summed E-state index contributed by atoms with van der Waals surface area (Å²) in [6.45, 7) is 7.12. The second kappa shape index (κ2) is 5.66. The Kier molecular flexibility index (Phi) is 3.57. The lowest BCUT2D eigenvalue weighted by molar-refractivity contribution is 0.0697. The largest absolute Gasteiger partial charge is 0.478 e. The van der Waals surface area contributed by atoms with Gasteiger partial charge in [-0.15, -0.1) is 0 Å². The Morgan fingerprint density at radius 3 is 2.60 bits per heavy atom. The van der Waals surface area contributed by atoms with Crippen LogP contribution in [0.5, 0.6) is 0 Å². The third-order valence-electron chi connectivity index (χ3n) is 4.74. The number of aromatic carboxylic acids is 1. The van der Waals surface area contributed by atoms with E-state index in [1.165, 1.54) is 6.20 Å². The van der Waals surface area contributed by atoms with Gasteiger partial charge >= 0.3 is 5.97 Å². The van der Waals surface area contributed by atoms with Crippen LogP contribution < -0.4 is 4.90 Å². The number of hydrogen-bond donors (Lipinski definition) is 1. The summed E-state index contributed by atoms with van der Waals surface area (Å²) in [6, 6.07) is 1.90. The Morgan fingerprint density at radius 1 is 1.20 bits per heavy atom. The molecule has 130 valence electrons. The lowest BCUT2D eigenvalue weighted by Crippen LogP contribution is -2.45. The number of carbonyl (C=O) groups is 1. The lowest BCUT2D eigenvalue weighted by Gasteiger charge is -2.35. The Balaban J connectivity index is 2.04. The molecule has 0 atom stereocenters. The molecule has 0 saturated carbocycles. The maximum atomic E-state index is 11.8. The summed E-state index contributed by atoms with van der Waals surface area (Å²) < 4.78 is 1.70. The van der Waals surface area contributed by atoms with E-state index in [2.05, 4.69) is 31.9 Å². The minimum absolute atomic E-state index is 0.213. The summed E-state index contributed by atoms with van der Waals surface area (Å²) in [4.78, 5) is 25.2. The van der Waals surface area contributed by atoms with Crippen LogP contribution in [-0.2, 0) is 0 Å². The number of rotatable bonds is 2. The Morgan fingerprint density at radius 2 is 1.92 bits per heavy atom. The maximum Gasteiger partial charge on any atom is 0.339 e. The number of hydrogen-bond acceptors (Lipinski definition) is 6. The van der Waals surface area contributed by atoms with Crippen LogP contribution in [0.4, 0.5) is 5.69 Å². The van der Waals surface area contributed by atoms with Crippen molar-refractivity contribution in [3.05, 3.63) is 29.2 Å². The van der Waals surface area contributed by atoms with Gasteiger partial charge in [0.1, 0.15) is 5.56 Å². The predicted molar refractivity (Wildman–Crippen MR) is 94.4 cm³/mol. The van der Waals surface area contributed by atoms with Gasteiger partial charge in [0.05, 0.1) is 22.5 Å². The van der Waals surface area contributed by atoms with E-state index < -0.39 is 5.97 Å². The van der Waals surface area contributed by atoms with Crippen molar-refractivity contribution in [2.45, 2.75) is 13.8 Å². The van der Waals surface area contributed by atoms with Gasteiger partial charge in [-0.3, -0.25) is 0 Å². The van der Waals surface area contributed by atoms with E-state index in [1.807, 2.05) is 19.9 Å². The number of carboxylic acids is 1. The van der Waals surface area contributed by atoms with Crippen LogP contribution in [0.3, 0.4) is 0 Å². The molecule has 1 fully saturated rings. The number of aryl methyl sites for hydroxylation is 2. The molecule has 1 saturated heterocycles. The van der Waals surface area contributed by atoms with E-state index >= 15 is 0 Å². The highest BCUT2D eigenvalue weighted by Gasteiger charge is 2.25. The highest BCUT2D eigenvalue weighted by Crippen LogP contribution is 2.32. The number of nitrogens with zero attached hydrogens (tertiary/aromatic N) is 6. The molecule has 25 heavy (non-hydrogen) atoms. The van der Waals surface area contributed by atoms with Crippen LogP contribution in [-0.4, -0.2) is 68.8 Å². The molecule has 8 nitrogen and oxygen atoms in total. The second-order valence-corrected chi connectivity index (χ2v) is 6.57. The molecule has 3 aromatic rings. The van der Waals surface area contributed by atoms with Crippen molar-refractivity contribution >= 4 is 28.3 Å². The normalized spacial score (nSPS) is 16.0. The minimum atomic E-state index is -0.973. The fraction of sp³-hybridized carbons (Fsp3) is 0.412. The molecule has 1 aliphatic rings. The molecular formula is C17H20N6O2. The van der Waals surface area contributed by atoms with Crippen molar-refractivity contribution in [3.63, 3.8) is 0 Å². The molecule has 4 rings (SSSR count). The topological polar surface area (TPSA) is 86.9 Å². The Labute approximate surface area is 144 Å². The smallest absolute Gasteiger partial charge is 0.339 e. The van der Waals surface area contributed by atoms with Crippen molar-refractivity contribution in [1.29, 1.82) is 0 Å². The zero-order chi connectivity index (χ0) is 17.7. The Bertz CT molecular complexity index is 988. The molecule has 3 aromatic heterocycles. The predicted octanol–water partition coefficient (Wildman–Crippen LogP) is 1.34. The Hall–Kier alpha value is -2.74. The number of likely N-dealkylation sites (N-methyl/N-ethyl adjacent to an activating group) is 1. The lowest BCUT2D eigenvalue weighted by atomic mass is 10.1. The van der Waals surface area contributed by atoms with E-state index in [-0.39, 0.29) is 5.56 Å². The van der Waals surface area contributed by atoms with Crippen molar-refractivity contribution in [2.75, 3.05) is 38.1 Å². The molecule has 0 unspecified atom stereocenters. The first kappa shape index (κ1) is 15.8. The van der Waals surface area contributed by atoms with Crippen molar-refractivity contribution in [3.8, 4) is 0 Å². The zero-order valence-corrected chi connectivity index (χ0v) is 14.5. The molecule has 0 radical (unpaired) electrons. The number of fused-ring (bicyclic) bond motifs is 3. The fourth-order valence-corrected chi connectivity index (χ4v) is 3.45. The van der Waals surface area contributed by atoms with Gasteiger partial charge in [-0.1, -0.05) is 0 Å².